The number of ether oxygens (including phenoxy) is 2. The number of carbonyl (C=O) groups excluding carboxylic acids is 2. The number of thiophene rings is 1. The highest BCUT2D eigenvalue weighted by Crippen LogP contribution is 2.40. The van der Waals surface area contributed by atoms with Crippen molar-refractivity contribution >= 4 is 29.4 Å². The number of benzene rings is 1. The normalized spacial score (nSPS) is 15.9. The first-order chi connectivity index (χ1) is 17.0. The van der Waals surface area contributed by atoms with E-state index in [-0.39, 0.29) is 6.61 Å². The van der Waals surface area contributed by atoms with Crippen molar-refractivity contribution in [2.45, 2.75) is 26.3 Å². The summed E-state index contributed by atoms with van der Waals surface area (Å²) in [5, 5.41) is 5.06. The van der Waals surface area contributed by atoms with E-state index in [1.165, 1.54) is 24.0 Å². The zero-order chi connectivity index (χ0) is 24.8. The van der Waals surface area contributed by atoms with Crippen LogP contribution >= 0.6 is 11.3 Å². The van der Waals surface area contributed by atoms with Crippen molar-refractivity contribution < 1.29 is 19.1 Å². The summed E-state index contributed by atoms with van der Waals surface area (Å²) >= 11 is 1.48. The summed E-state index contributed by atoms with van der Waals surface area (Å²) in [5.74, 6) is -1.48. The molecule has 8 heteroatoms. The lowest BCUT2D eigenvalue weighted by Gasteiger charge is -2.29. The van der Waals surface area contributed by atoms with E-state index in [9.17, 15) is 9.59 Å². The third-order valence-electron chi connectivity index (χ3n) is 5.74. The Balaban J connectivity index is 1.43. The van der Waals surface area contributed by atoms with Crippen LogP contribution in [0.3, 0.4) is 0 Å². The van der Waals surface area contributed by atoms with Gasteiger partial charge >= 0.3 is 11.9 Å². The van der Waals surface area contributed by atoms with E-state index in [2.05, 4.69) is 22.4 Å². The second-order valence-electron chi connectivity index (χ2n) is 8.12. The number of nitrogens with one attached hydrogen (secondary N) is 1. The quantitative estimate of drug-likeness (QED) is 0.464. The highest BCUT2D eigenvalue weighted by molar-refractivity contribution is 7.10. The third-order valence-corrected chi connectivity index (χ3v) is 6.68. The molecular formula is C27H27N3O4S. The molecule has 3 aromatic rings. The van der Waals surface area contributed by atoms with Crippen molar-refractivity contribution in [1.82, 2.24) is 14.9 Å². The van der Waals surface area contributed by atoms with Gasteiger partial charge in [-0.1, -0.05) is 36.4 Å². The zero-order valence-electron chi connectivity index (χ0n) is 19.9. The molecule has 1 atom stereocenters. The maximum atomic E-state index is 13.2. The number of hydrogen-bond acceptors (Lipinski definition) is 7. The number of nitrogens with zero attached hydrogens (tertiary/aromatic N) is 2. The molecule has 35 heavy (non-hydrogen) atoms. The Morgan fingerprint density at radius 2 is 1.86 bits per heavy atom. The molecule has 2 aromatic heterocycles. The molecule has 1 aromatic carbocycles. The molecule has 0 saturated carbocycles. The fourth-order valence-electron chi connectivity index (χ4n) is 4.10. The maximum absolute atomic E-state index is 13.2. The Kier molecular flexibility index (Phi) is 7.62. The number of dihydropyridines is 1. The highest BCUT2D eigenvalue weighted by Gasteiger charge is 2.38. The fraction of sp³-hybridized carbons (Fsp3) is 0.222. The summed E-state index contributed by atoms with van der Waals surface area (Å²) in [4.78, 5) is 30.7. The Bertz CT molecular complexity index is 1270. The van der Waals surface area contributed by atoms with Crippen LogP contribution in [-0.4, -0.2) is 35.2 Å². The molecule has 1 aliphatic heterocycles. The minimum Gasteiger partial charge on any atom is -0.466 e. The molecule has 0 bridgehead atoms. The molecule has 4 rings (SSSR count). The zero-order valence-corrected chi connectivity index (χ0v) is 20.7. The number of methoxy groups -OCH3 is 1. The largest absolute Gasteiger partial charge is 0.466 e. The van der Waals surface area contributed by atoms with Gasteiger partial charge in [0.25, 0.3) is 0 Å². The molecule has 180 valence electrons. The molecule has 1 unspecified atom stereocenters. The van der Waals surface area contributed by atoms with Gasteiger partial charge in [0.05, 0.1) is 30.5 Å². The number of carbonyl (C=O) groups is 2. The van der Waals surface area contributed by atoms with Crippen LogP contribution in [0.5, 0.6) is 0 Å². The first-order valence-electron chi connectivity index (χ1n) is 11.2. The molecular weight excluding hydrogens is 462 g/mol. The first-order valence-corrected chi connectivity index (χ1v) is 12.0. The Hall–Kier alpha value is -3.91. The number of rotatable bonds is 8. The van der Waals surface area contributed by atoms with Crippen LogP contribution in [-0.2, 0) is 25.6 Å². The predicted octanol–water partition coefficient (Wildman–Crippen LogP) is 4.66. The molecule has 1 N–H and O–H groups in total. The van der Waals surface area contributed by atoms with E-state index in [1.807, 2.05) is 60.3 Å². The average Bonchev–Trinajstić information content (AvgIpc) is 3.56. The van der Waals surface area contributed by atoms with Gasteiger partial charge in [0, 0.05) is 35.2 Å². The molecule has 0 aliphatic carbocycles. The van der Waals surface area contributed by atoms with Gasteiger partial charge in [-0.15, -0.1) is 11.3 Å². The molecule has 0 spiro atoms. The van der Waals surface area contributed by atoms with Gasteiger partial charge in [0.15, 0.2) is 0 Å². The number of hydrogen-bond donors (Lipinski definition) is 1. The first kappa shape index (κ1) is 24.2. The molecule has 0 amide bonds. The van der Waals surface area contributed by atoms with E-state index >= 15 is 0 Å². The van der Waals surface area contributed by atoms with Gasteiger partial charge in [0.1, 0.15) is 6.61 Å². The van der Waals surface area contributed by atoms with Crippen molar-refractivity contribution in [2.24, 2.45) is 0 Å². The van der Waals surface area contributed by atoms with Crippen molar-refractivity contribution in [3.63, 3.8) is 0 Å². The van der Waals surface area contributed by atoms with Gasteiger partial charge in [0.2, 0.25) is 0 Å². The second-order valence-corrected chi connectivity index (χ2v) is 9.10. The summed E-state index contributed by atoms with van der Waals surface area (Å²) in [7, 11) is 1.34. The van der Waals surface area contributed by atoms with Gasteiger partial charge in [-0.2, -0.15) is 0 Å². The van der Waals surface area contributed by atoms with Crippen molar-refractivity contribution in [3.05, 3.63) is 105 Å². The summed E-state index contributed by atoms with van der Waals surface area (Å²) in [6.07, 6.45) is 9.19. The lowest BCUT2D eigenvalue weighted by Crippen LogP contribution is -2.32. The van der Waals surface area contributed by atoms with E-state index in [1.54, 1.807) is 18.6 Å². The van der Waals surface area contributed by atoms with E-state index < -0.39 is 17.9 Å². The van der Waals surface area contributed by atoms with Crippen LogP contribution < -0.4 is 5.32 Å². The van der Waals surface area contributed by atoms with E-state index in [0.29, 0.717) is 22.5 Å². The Labute approximate surface area is 208 Å². The standard InChI is InChI=1S/C27H27N3O4S/c1-18-23(26(31)33-3)25(22-7-5-15-35-22)24(19(2)29-18)27(32)34-14-4-6-20-8-10-21(11-9-20)16-30-13-12-28-17-30/h4-13,15,17,25,29H,14,16H2,1-3H3/b6-4+. The Morgan fingerprint density at radius 1 is 1.11 bits per heavy atom. The summed E-state index contributed by atoms with van der Waals surface area (Å²) in [5.41, 5.74) is 4.34. The van der Waals surface area contributed by atoms with Gasteiger partial charge in [-0.25, -0.2) is 14.6 Å². The molecule has 0 saturated heterocycles. The Morgan fingerprint density at radius 3 is 2.49 bits per heavy atom. The predicted molar refractivity (Wildman–Crippen MR) is 135 cm³/mol. The molecule has 3 heterocycles. The van der Waals surface area contributed by atoms with E-state index in [0.717, 1.165) is 17.0 Å². The number of imidazole rings is 1. The minimum absolute atomic E-state index is 0.111. The smallest absolute Gasteiger partial charge is 0.337 e. The summed E-state index contributed by atoms with van der Waals surface area (Å²) in [6.45, 7) is 4.49. The van der Waals surface area contributed by atoms with Gasteiger partial charge < -0.3 is 19.4 Å². The van der Waals surface area contributed by atoms with E-state index in [4.69, 9.17) is 9.47 Å². The lowest BCUT2D eigenvalue weighted by atomic mass is 9.84. The highest BCUT2D eigenvalue weighted by atomic mass is 32.1. The van der Waals surface area contributed by atoms with Crippen LogP contribution in [0.4, 0.5) is 0 Å². The van der Waals surface area contributed by atoms with Crippen molar-refractivity contribution in [1.29, 1.82) is 0 Å². The van der Waals surface area contributed by atoms with Gasteiger partial charge in [-0.05, 0) is 42.5 Å². The monoisotopic (exact) mass is 489 g/mol. The lowest BCUT2D eigenvalue weighted by molar-refractivity contribution is -0.138. The topological polar surface area (TPSA) is 82.5 Å². The van der Waals surface area contributed by atoms with Crippen LogP contribution in [0.25, 0.3) is 6.08 Å². The SMILES string of the molecule is COC(=O)C1=C(C)NC(C)=C(C(=O)OC/C=C/c2ccc(Cn3ccnc3)cc2)C1c1cccs1. The maximum Gasteiger partial charge on any atom is 0.337 e. The van der Waals surface area contributed by atoms with Crippen LogP contribution in [0.1, 0.15) is 35.8 Å². The summed E-state index contributed by atoms with van der Waals surface area (Å²) in [6, 6.07) is 12.0. The molecule has 7 nitrogen and oxygen atoms in total. The minimum atomic E-state index is -0.539. The molecule has 0 radical (unpaired) electrons. The average molecular weight is 490 g/mol. The molecule has 1 aliphatic rings. The van der Waals surface area contributed by atoms with Crippen LogP contribution in [0.15, 0.2) is 89.1 Å². The fourth-order valence-corrected chi connectivity index (χ4v) is 4.94. The summed E-state index contributed by atoms with van der Waals surface area (Å²) < 4.78 is 12.6. The third kappa shape index (κ3) is 5.60. The van der Waals surface area contributed by atoms with Gasteiger partial charge in [-0.3, -0.25) is 0 Å². The van der Waals surface area contributed by atoms with Crippen LogP contribution in [0, 0.1) is 0 Å². The number of allylic oxidation sites excluding steroid dienone is 2. The second kappa shape index (κ2) is 11.0. The van der Waals surface area contributed by atoms with Crippen molar-refractivity contribution in [2.75, 3.05) is 13.7 Å². The number of esters is 2. The number of aromatic nitrogens is 2. The molecule has 0 fully saturated rings. The van der Waals surface area contributed by atoms with Crippen LogP contribution in [0.2, 0.25) is 0 Å². The van der Waals surface area contributed by atoms with Crippen molar-refractivity contribution in [3.8, 4) is 0 Å².